The maximum Gasteiger partial charge on any atom is 0.313 e. The van der Waals surface area contributed by atoms with Crippen molar-refractivity contribution < 1.29 is 9.90 Å². The normalized spacial score (nSPS) is 15.3. The molecular formula is C8H12O2. The van der Waals surface area contributed by atoms with Crippen LogP contribution >= 0.6 is 0 Å². The van der Waals surface area contributed by atoms with Crippen molar-refractivity contribution in [3.63, 3.8) is 0 Å². The highest BCUT2D eigenvalue weighted by atomic mass is 16.4. The van der Waals surface area contributed by atoms with Gasteiger partial charge in [-0.1, -0.05) is 12.2 Å². The minimum Gasteiger partial charge on any atom is -0.481 e. The Hall–Kier alpha value is -1.05. The second kappa shape index (κ2) is 3.20. The van der Waals surface area contributed by atoms with Crippen LogP contribution in [0.2, 0.25) is 0 Å². The van der Waals surface area contributed by atoms with Crippen LogP contribution in [0, 0.1) is 5.41 Å². The van der Waals surface area contributed by atoms with Crippen LogP contribution < -0.4 is 0 Å². The highest BCUT2D eigenvalue weighted by molar-refractivity contribution is 5.76. The summed E-state index contributed by atoms with van der Waals surface area (Å²) in [6.07, 6.45) is 3.43. The summed E-state index contributed by atoms with van der Waals surface area (Å²) in [4.78, 5) is 10.5. The molecule has 0 rings (SSSR count). The summed E-state index contributed by atoms with van der Waals surface area (Å²) in [5.74, 6) is -0.859. The van der Waals surface area contributed by atoms with E-state index in [-0.39, 0.29) is 0 Å². The molecule has 0 aliphatic rings. The fraction of sp³-hybridized carbons (Fsp3) is 0.375. The largest absolute Gasteiger partial charge is 0.481 e. The van der Waals surface area contributed by atoms with E-state index < -0.39 is 11.4 Å². The summed E-state index contributed by atoms with van der Waals surface area (Å²) in [6, 6.07) is 0. The van der Waals surface area contributed by atoms with Gasteiger partial charge in [-0.05, 0) is 13.3 Å². The maximum absolute atomic E-state index is 10.5. The average molecular weight is 140 g/mol. The lowest BCUT2D eigenvalue weighted by molar-refractivity contribution is -0.144. The molecule has 2 heteroatoms. The van der Waals surface area contributed by atoms with Crippen molar-refractivity contribution in [1.29, 1.82) is 0 Å². The van der Waals surface area contributed by atoms with Crippen molar-refractivity contribution in [3.8, 4) is 0 Å². The zero-order valence-electron chi connectivity index (χ0n) is 6.13. The van der Waals surface area contributed by atoms with Crippen LogP contribution in [0.5, 0.6) is 0 Å². The summed E-state index contributed by atoms with van der Waals surface area (Å²) in [6.45, 7) is 8.52. The summed E-state index contributed by atoms with van der Waals surface area (Å²) in [7, 11) is 0. The number of carbonyl (C=O) groups is 1. The van der Waals surface area contributed by atoms with E-state index in [0.717, 1.165) is 0 Å². The van der Waals surface area contributed by atoms with Crippen LogP contribution in [0.15, 0.2) is 25.3 Å². The molecule has 0 spiro atoms. The van der Waals surface area contributed by atoms with Crippen LogP contribution in [0.4, 0.5) is 0 Å². The molecule has 1 N–H and O–H groups in total. The molecule has 0 radical (unpaired) electrons. The Labute approximate surface area is 60.9 Å². The highest BCUT2D eigenvalue weighted by Crippen LogP contribution is 2.22. The Morgan fingerprint density at radius 1 is 1.70 bits per heavy atom. The zero-order valence-corrected chi connectivity index (χ0v) is 6.13. The molecule has 2 nitrogen and oxygen atoms in total. The van der Waals surface area contributed by atoms with E-state index in [0.29, 0.717) is 6.42 Å². The lowest BCUT2D eigenvalue weighted by Crippen LogP contribution is -2.23. The molecule has 0 aliphatic heterocycles. The van der Waals surface area contributed by atoms with Gasteiger partial charge in [-0.3, -0.25) is 4.79 Å². The molecule has 10 heavy (non-hydrogen) atoms. The third kappa shape index (κ3) is 1.72. The first-order valence-corrected chi connectivity index (χ1v) is 3.04. The van der Waals surface area contributed by atoms with Crippen LogP contribution in [-0.4, -0.2) is 11.1 Å². The van der Waals surface area contributed by atoms with Gasteiger partial charge in [0.2, 0.25) is 0 Å². The Morgan fingerprint density at radius 2 is 2.20 bits per heavy atom. The van der Waals surface area contributed by atoms with Crippen LogP contribution in [0.25, 0.3) is 0 Å². The quantitative estimate of drug-likeness (QED) is 0.605. The summed E-state index contributed by atoms with van der Waals surface area (Å²) >= 11 is 0. The molecule has 0 aromatic carbocycles. The van der Waals surface area contributed by atoms with Crippen LogP contribution in [0.3, 0.4) is 0 Å². The Morgan fingerprint density at radius 3 is 2.30 bits per heavy atom. The average Bonchev–Trinajstić information content (AvgIpc) is 1.88. The molecule has 0 heterocycles. The number of aliphatic carboxylic acids is 1. The number of rotatable bonds is 4. The van der Waals surface area contributed by atoms with E-state index in [1.165, 1.54) is 6.08 Å². The van der Waals surface area contributed by atoms with Gasteiger partial charge in [0.15, 0.2) is 0 Å². The van der Waals surface area contributed by atoms with E-state index in [4.69, 9.17) is 5.11 Å². The molecule has 0 aliphatic carbocycles. The monoisotopic (exact) mass is 140 g/mol. The summed E-state index contributed by atoms with van der Waals surface area (Å²) in [5.41, 5.74) is -0.845. The van der Waals surface area contributed by atoms with Crippen molar-refractivity contribution in [3.05, 3.63) is 25.3 Å². The summed E-state index contributed by atoms with van der Waals surface area (Å²) in [5, 5.41) is 8.64. The minimum atomic E-state index is -0.859. The molecule has 0 aromatic rings. The second-order valence-electron chi connectivity index (χ2n) is 2.42. The van der Waals surface area contributed by atoms with Gasteiger partial charge in [0, 0.05) is 0 Å². The third-order valence-corrected chi connectivity index (χ3v) is 1.51. The molecular weight excluding hydrogens is 128 g/mol. The standard InChI is InChI=1S/C8H12O2/c1-4-6-8(3,5-2)7(9)10/h4-5H,1-2,6H2,3H3,(H,9,10). The van der Waals surface area contributed by atoms with Crippen molar-refractivity contribution in [2.24, 2.45) is 5.41 Å². The SMILES string of the molecule is C=CCC(C)(C=C)C(=O)O. The number of hydrogen-bond donors (Lipinski definition) is 1. The Balaban J connectivity index is 4.36. The van der Waals surface area contributed by atoms with Gasteiger partial charge in [0.25, 0.3) is 0 Å². The van der Waals surface area contributed by atoms with E-state index in [9.17, 15) is 4.79 Å². The van der Waals surface area contributed by atoms with Gasteiger partial charge in [-0.15, -0.1) is 13.2 Å². The number of allylic oxidation sites excluding steroid dienone is 1. The van der Waals surface area contributed by atoms with Gasteiger partial charge in [-0.2, -0.15) is 0 Å². The lowest BCUT2D eigenvalue weighted by Gasteiger charge is -2.16. The molecule has 0 aromatic heterocycles. The first-order chi connectivity index (χ1) is 4.56. The Kier molecular flexibility index (Phi) is 2.87. The first-order valence-electron chi connectivity index (χ1n) is 3.04. The topological polar surface area (TPSA) is 37.3 Å². The van der Waals surface area contributed by atoms with E-state index in [2.05, 4.69) is 13.2 Å². The minimum absolute atomic E-state index is 0.422. The summed E-state index contributed by atoms with van der Waals surface area (Å²) < 4.78 is 0. The maximum atomic E-state index is 10.5. The molecule has 0 saturated heterocycles. The predicted octanol–water partition coefficient (Wildman–Crippen LogP) is 1.84. The van der Waals surface area contributed by atoms with Gasteiger partial charge in [0.05, 0.1) is 5.41 Å². The fourth-order valence-corrected chi connectivity index (χ4v) is 0.558. The van der Waals surface area contributed by atoms with Gasteiger partial charge in [-0.25, -0.2) is 0 Å². The fourth-order valence-electron chi connectivity index (χ4n) is 0.558. The highest BCUT2D eigenvalue weighted by Gasteiger charge is 2.27. The van der Waals surface area contributed by atoms with Crippen molar-refractivity contribution in [2.75, 3.05) is 0 Å². The van der Waals surface area contributed by atoms with Gasteiger partial charge >= 0.3 is 5.97 Å². The molecule has 0 saturated carbocycles. The smallest absolute Gasteiger partial charge is 0.313 e. The molecule has 1 atom stereocenters. The van der Waals surface area contributed by atoms with E-state index in [1.807, 2.05) is 0 Å². The number of carboxylic acids is 1. The molecule has 56 valence electrons. The van der Waals surface area contributed by atoms with Crippen LogP contribution in [0.1, 0.15) is 13.3 Å². The van der Waals surface area contributed by atoms with Crippen LogP contribution in [-0.2, 0) is 4.79 Å². The van der Waals surface area contributed by atoms with E-state index >= 15 is 0 Å². The third-order valence-electron chi connectivity index (χ3n) is 1.51. The molecule has 1 unspecified atom stereocenters. The number of hydrogen-bond acceptors (Lipinski definition) is 1. The molecule has 0 amide bonds. The van der Waals surface area contributed by atoms with Crippen molar-refractivity contribution in [1.82, 2.24) is 0 Å². The number of carboxylic acid groups (broad SMARTS) is 1. The lowest BCUT2D eigenvalue weighted by atomic mass is 9.87. The molecule has 0 fully saturated rings. The Bertz CT molecular complexity index is 161. The van der Waals surface area contributed by atoms with E-state index in [1.54, 1.807) is 13.0 Å². The van der Waals surface area contributed by atoms with Crippen molar-refractivity contribution >= 4 is 5.97 Å². The zero-order chi connectivity index (χ0) is 8.20. The molecule has 0 bridgehead atoms. The van der Waals surface area contributed by atoms with Gasteiger partial charge in [0.1, 0.15) is 0 Å². The first kappa shape index (κ1) is 8.95. The second-order valence-corrected chi connectivity index (χ2v) is 2.42. The predicted molar refractivity (Wildman–Crippen MR) is 40.8 cm³/mol. The van der Waals surface area contributed by atoms with Gasteiger partial charge < -0.3 is 5.11 Å². The van der Waals surface area contributed by atoms with Crippen molar-refractivity contribution in [2.45, 2.75) is 13.3 Å².